The maximum absolute atomic E-state index is 6.64. The van der Waals surface area contributed by atoms with E-state index in [2.05, 4.69) is 30.5 Å². The molecule has 0 radical (unpaired) electrons. The second-order valence-electron chi connectivity index (χ2n) is 4.72. The van der Waals surface area contributed by atoms with Crippen LogP contribution >= 0.6 is 35.0 Å². The SMILES string of the molecule is CSc1ccc(C(Cl)c2cc(Cl)cc3c2OCC3)cc1. The van der Waals surface area contributed by atoms with Crippen molar-refractivity contribution in [1.82, 2.24) is 0 Å². The zero-order chi connectivity index (χ0) is 14.1. The first kappa shape index (κ1) is 14.1. The van der Waals surface area contributed by atoms with Gasteiger partial charge in [-0.15, -0.1) is 23.4 Å². The molecule has 2 aromatic carbocycles. The molecule has 3 rings (SSSR count). The number of benzene rings is 2. The monoisotopic (exact) mass is 324 g/mol. The van der Waals surface area contributed by atoms with Crippen LogP contribution in [0, 0.1) is 0 Å². The predicted octanol–water partition coefficient (Wildman–Crippen LogP) is 5.33. The van der Waals surface area contributed by atoms with Crippen LogP contribution in [0.5, 0.6) is 5.75 Å². The summed E-state index contributed by atoms with van der Waals surface area (Å²) in [6.07, 6.45) is 2.96. The van der Waals surface area contributed by atoms with Gasteiger partial charge in [-0.25, -0.2) is 0 Å². The topological polar surface area (TPSA) is 9.23 Å². The average Bonchev–Trinajstić information content (AvgIpc) is 2.94. The molecule has 0 spiro atoms. The smallest absolute Gasteiger partial charge is 0.127 e. The van der Waals surface area contributed by atoms with Gasteiger partial charge in [0.2, 0.25) is 0 Å². The molecule has 1 aliphatic rings. The minimum absolute atomic E-state index is 0.239. The summed E-state index contributed by atoms with van der Waals surface area (Å²) < 4.78 is 5.72. The summed E-state index contributed by atoms with van der Waals surface area (Å²) in [5.41, 5.74) is 3.17. The van der Waals surface area contributed by atoms with E-state index in [9.17, 15) is 0 Å². The molecule has 1 aliphatic heterocycles. The van der Waals surface area contributed by atoms with Crippen LogP contribution in [-0.2, 0) is 6.42 Å². The molecule has 2 aromatic rings. The summed E-state index contributed by atoms with van der Waals surface area (Å²) in [6, 6.07) is 12.2. The van der Waals surface area contributed by atoms with Crippen molar-refractivity contribution in [2.24, 2.45) is 0 Å². The molecule has 1 atom stereocenters. The van der Waals surface area contributed by atoms with Crippen LogP contribution in [0.1, 0.15) is 22.1 Å². The van der Waals surface area contributed by atoms with Gasteiger partial charge in [0.1, 0.15) is 5.75 Å². The van der Waals surface area contributed by atoms with Gasteiger partial charge in [-0.2, -0.15) is 0 Å². The third-order valence-electron chi connectivity index (χ3n) is 3.46. The van der Waals surface area contributed by atoms with Crippen LogP contribution in [0.4, 0.5) is 0 Å². The first-order valence-electron chi connectivity index (χ1n) is 6.42. The van der Waals surface area contributed by atoms with E-state index in [1.54, 1.807) is 11.8 Å². The van der Waals surface area contributed by atoms with Gasteiger partial charge in [0.15, 0.2) is 0 Å². The van der Waals surface area contributed by atoms with Crippen molar-refractivity contribution in [2.45, 2.75) is 16.7 Å². The van der Waals surface area contributed by atoms with E-state index < -0.39 is 0 Å². The van der Waals surface area contributed by atoms with E-state index in [1.807, 2.05) is 12.1 Å². The Hall–Kier alpha value is -0.830. The van der Waals surface area contributed by atoms with Gasteiger partial charge in [-0.1, -0.05) is 23.7 Å². The molecule has 0 amide bonds. The molecule has 4 heteroatoms. The summed E-state index contributed by atoms with van der Waals surface area (Å²) in [6.45, 7) is 0.706. The minimum Gasteiger partial charge on any atom is -0.493 e. The summed E-state index contributed by atoms with van der Waals surface area (Å²) in [4.78, 5) is 1.23. The van der Waals surface area contributed by atoms with Crippen LogP contribution in [0.25, 0.3) is 0 Å². The summed E-state index contributed by atoms with van der Waals surface area (Å²) in [5, 5.41) is 0.479. The van der Waals surface area contributed by atoms with Crippen LogP contribution in [0.15, 0.2) is 41.3 Å². The first-order chi connectivity index (χ1) is 9.69. The van der Waals surface area contributed by atoms with Crippen molar-refractivity contribution < 1.29 is 4.74 Å². The highest BCUT2D eigenvalue weighted by Gasteiger charge is 2.23. The predicted molar refractivity (Wildman–Crippen MR) is 86.6 cm³/mol. The lowest BCUT2D eigenvalue weighted by molar-refractivity contribution is 0.353. The fraction of sp³-hybridized carbons (Fsp3) is 0.250. The Kier molecular flexibility index (Phi) is 4.16. The normalized spacial score (nSPS) is 14.8. The maximum Gasteiger partial charge on any atom is 0.127 e. The minimum atomic E-state index is -0.239. The van der Waals surface area contributed by atoms with Crippen LogP contribution in [0.3, 0.4) is 0 Å². The molecule has 1 heterocycles. The highest BCUT2D eigenvalue weighted by Crippen LogP contribution is 2.41. The molecule has 104 valence electrons. The van der Waals surface area contributed by atoms with E-state index >= 15 is 0 Å². The summed E-state index contributed by atoms with van der Waals surface area (Å²) in [7, 11) is 0. The highest BCUT2D eigenvalue weighted by atomic mass is 35.5. The molecule has 0 saturated heterocycles. The number of rotatable bonds is 3. The number of hydrogen-bond donors (Lipinski definition) is 0. The largest absolute Gasteiger partial charge is 0.493 e. The standard InChI is InChI=1S/C16H14Cl2OS/c1-20-13-4-2-10(3-5-13)15(18)14-9-12(17)8-11-6-7-19-16(11)14/h2-5,8-9,15H,6-7H2,1H3. The molecule has 1 nitrogen and oxygen atoms in total. The van der Waals surface area contributed by atoms with Crippen molar-refractivity contribution in [3.05, 3.63) is 58.1 Å². The van der Waals surface area contributed by atoms with Gasteiger partial charge in [-0.05, 0) is 41.6 Å². The van der Waals surface area contributed by atoms with E-state index in [0.717, 1.165) is 33.9 Å². The molecule has 1 unspecified atom stereocenters. The molecule has 0 fully saturated rings. The van der Waals surface area contributed by atoms with E-state index in [4.69, 9.17) is 27.9 Å². The number of fused-ring (bicyclic) bond motifs is 1. The molecule has 0 aromatic heterocycles. The van der Waals surface area contributed by atoms with Gasteiger partial charge >= 0.3 is 0 Å². The highest BCUT2D eigenvalue weighted by molar-refractivity contribution is 7.98. The average molecular weight is 325 g/mol. The quantitative estimate of drug-likeness (QED) is 0.557. The van der Waals surface area contributed by atoms with Gasteiger partial charge in [-0.3, -0.25) is 0 Å². The van der Waals surface area contributed by atoms with Crippen molar-refractivity contribution in [1.29, 1.82) is 0 Å². The van der Waals surface area contributed by atoms with Crippen LogP contribution < -0.4 is 4.74 Å². The Morgan fingerprint density at radius 3 is 2.65 bits per heavy atom. The third kappa shape index (κ3) is 2.65. The lowest BCUT2D eigenvalue weighted by Gasteiger charge is -2.15. The van der Waals surface area contributed by atoms with Crippen molar-refractivity contribution >= 4 is 35.0 Å². The number of hydrogen-bond acceptors (Lipinski definition) is 2. The van der Waals surface area contributed by atoms with Gasteiger partial charge in [0.25, 0.3) is 0 Å². The van der Waals surface area contributed by atoms with Gasteiger partial charge < -0.3 is 4.74 Å². The molecule has 0 aliphatic carbocycles. The number of ether oxygens (including phenoxy) is 1. The van der Waals surface area contributed by atoms with Crippen molar-refractivity contribution in [3.8, 4) is 5.75 Å². The van der Waals surface area contributed by atoms with E-state index in [1.165, 1.54) is 4.90 Å². The summed E-state index contributed by atoms with van der Waals surface area (Å²) >= 11 is 14.5. The fourth-order valence-electron chi connectivity index (χ4n) is 2.44. The lowest BCUT2D eigenvalue weighted by Crippen LogP contribution is -1.97. The zero-order valence-corrected chi connectivity index (χ0v) is 13.4. The Morgan fingerprint density at radius 1 is 1.20 bits per heavy atom. The molecule has 0 bridgehead atoms. The van der Waals surface area contributed by atoms with Gasteiger partial charge in [0.05, 0.1) is 12.0 Å². The number of halogens is 2. The Labute approximate surface area is 133 Å². The fourth-order valence-corrected chi connectivity index (χ4v) is 3.40. The van der Waals surface area contributed by atoms with Crippen molar-refractivity contribution in [2.75, 3.05) is 12.9 Å². The summed E-state index contributed by atoms with van der Waals surface area (Å²) in [5.74, 6) is 0.906. The zero-order valence-electron chi connectivity index (χ0n) is 11.0. The Balaban J connectivity index is 1.99. The van der Waals surface area contributed by atoms with Gasteiger partial charge in [0, 0.05) is 21.9 Å². The molecular weight excluding hydrogens is 311 g/mol. The number of alkyl halides is 1. The molecule has 0 N–H and O–H groups in total. The molecular formula is C16H14Cl2OS. The lowest BCUT2D eigenvalue weighted by atomic mass is 10.0. The van der Waals surface area contributed by atoms with Crippen LogP contribution in [-0.4, -0.2) is 12.9 Å². The Bertz CT molecular complexity index is 625. The van der Waals surface area contributed by atoms with Crippen LogP contribution in [0.2, 0.25) is 5.02 Å². The molecule has 0 saturated carbocycles. The second kappa shape index (κ2) is 5.88. The number of thioether (sulfide) groups is 1. The second-order valence-corrected chi connectivity index (χ2v) is 6.47. The first-order valence-corrected chi connectivity index (χ1v) is 8.46. The molecule has 20 heavy (non-hydrogen) atoms. The Morgan fingerprint density at radius 2 is 1.95 bits per heavy atom. The van der Waals surface area contributed by atoms with Crippen molar-refractivity contribution in [3.63, 3.8) is 0 Å². The van der Waals surface area contributed by atoms with E-state index in [0.29, 0.717) is 6.61 Å². The van der Waals surface area contributed by atoms with E-state index in [-0.39, 0.29) is 5.38 Å². The third-order valence-corrected chi connectivity index (χ3v) is 4.91. The maximum atomic E-state index is 6.64.